The fourth-order valence-electron chi connectivity index (χ4n) is 3.98. The number of anilines is 1. The fraction of sp³-hybridized carbons (Fsp3) is 0.588. The lowest BCUT2D eigenvalue weighted by Gasteiger charge is -2.37. The maximum Gasteiger partial charge on any atom is 0.335 e. The molecule has 1 aromatic carbocycles. The van der Waals surface area contributed by atoms with Crippen molar-refractivity contribution in [3.05, 3.63) is 29.8 Å². The molecule has 0 aliphatic heterocycles. The van der Waals surface area contributed by atoms with Gasteiger partial charge in [-0.05, 0) is 62.1 Å². The molecule has 0 aromatic heterocycles. The zero-order chi connectivity index (χ0) is 14.0. The molecular weight excluding hydrogens is 250 g/mol. The van der Waals surface area contributed by atoms with Crippen LogP contribution in [0.25, 0.3) is 0 Å². The van der Waals surface area contributed by atoms with Gasteiger partial charge in [0.05, 0.1) is 5.56 Å². The van der Waals surface area contributed by atoms with E-state index in [2.05, 4.69) is 5.32 Å². The lowest BCUT2D eigenvalue weighted by Crippen LogP contribution is -2.31. The van der Waals surface area contributed by atoms with Crippen molar-refractivity contribution in [2.45, 2.75) is 57.4 Å². The number of carbonyl (C=O) groups is 1. The summed E-state index contributed by atoms with van der Waals surface area (Å²) in [5, 5.41) is 12.5. The first-order valence-electron chi connectivity index (χ1n) is 7.77. The highest BCUT2D eigenvalue weighted by Crippen LogP contribution is 2.49. The van der Waals surface area contributed by atoms with Crippen LogP contribution in [0.5, 0.6) is 0 Å². The number of nitrogens with one attached hydrogen (secondary N) is 1. The third kappa shape index (κ3) is 2.82. The lowest BCUT2D eigenvalue weighted by atomic mass is 9.71. The van der Waals surface area contributed by atoms with Gasteiger partial charge in [-0.3, -0.25) is 0 Å². The van der Waals surface area contributed by atoms with E-state index in [1.165, 1.54) is 51.4 Å². The number of carboxylic acid groups (broad SMARTS) is 1. The van der Waals surface area contributed by atoms with Crippen LogP contribution in [0.2, 0.25) is 0 Å². The largest absolute Gasteiger partial charge is 0.478 e. The van der Waals surface area contributed by atoms with E-state index in [0.717, 1.165) is 5.69 Å². The topological polar surface area (TPSA) is 49.3 Å². The Bertz CT molecular complexity index is 482. The van der Waals surface area contributed by atoms with Crippen molar-refractivity contribution in [2.24, 2.45) is 5.41 Å². The number of hydrogen-bond acceptors (Lipinski definition) is 2. The van der Waals surface area contributed by atoms with E-state index >= 15 is 0 Å². The third-order valence-corrected chi connectivity index (χ3v) is 5.19. The van der Waals surface area contributed by atoms with Crippen LogP contribution in [0.4, 0.5) is 5.69 Å². The zero-order valence-corrected chi connectivity index (χ0v) is 11.9. The van der Waals surface area contributed by atoms with Crippen LogP contribution in [-0.2, 0) is 0 Å². The molecule has 2 fully saturated rings. The monoisotopic (exact) mass is 273 g/mol. The van der Waals surface area contributed by atoms with Crippen LogP contribution in [0.1, 0.15) is 61.7 Å². The first kappa shape index (κ1) is 13.5. The van der Waals surface area contributed by atoms with Crippen molar-refractivity contribution in [1.82, 2.24) is 0 Å². The Morgan fingerprint density at radius 2 is 1.85 bits per heavy atom. The number of rotatable bonds is 3. The van der Waals surface area contributed by atoms with Crippen molar-refractivity contribution >= 4 is 11.7 Å². The van der Waals surface area contributed by atoms with Gasteiger partial charge >= 0.3 is 5.97 Å². The normalized spacial score (nSPS) is 22.0. The predicted octanol–water partition coefficient (Wildman–Crippen LogP) is 4.30. The molecule has 0 amide bonds. The molecule has 3 heteroatoms. The average Bonchev–Trinajstić information content (AvgIpc) is 2.90. The van der Waals surface area contributed by atoms with Gasteiger partial charge in [-0.15, -0.1) is 0 Å². The summed E-state index contributed by atoms with van der Waals surface area (Å²) < 4.78 is 0. The first-order valence-corrected chi connectivity index (χ1v) is 7.77. The number of benzene rings is 1. The molecule has 0 bridgehead atoms. The molecule has 20 heavy (non-hydrogen) atoms. The minimum atomic E-state index is -0.859. The van der Waals surface area contributed by atoms with E-state index in [4.69, 9.17) is 5.11 Å². The minimum absolute atomic E-state index is 0.359. The number of carboxylic acids is 1. The molecule has 2 saturated carbocycles. The zero-order valence-electron chi connectivity index (χ0n) is 11.9. The second-order valence-corrected chi connectivity index (χ2v) is 6.51. The fourth-order valence-corrected chi connectivity index (χ4v) is 3.98. The Morgan fingerprint density at radius 1 is 1.15 bits per heavy atom. The van der Waals surface area contributed by atoms with Crippen molar-refractivity contribution in [1.29, 1.82) is 0 Å². The van der Waals surface area contributed by atoms with Crippen molar-refractivity contribution < 1.29 is 9.90 Å². The van der Waals surface area contributed by atoms with Crippen LogP contribution in [-0.4, -0.2) is 17.1 Å². The Morgan fingerprint density at radius 3 is 2.50 bits per heavy atom. The summed E-state index contributed by atoms with van der Waals surface area (Å²) in [5.74, 6) is -0.859. The van der Waals surface area contributed by atoms with Crippen LogP contribution in [0.3, 0.4) is 0 Å². The van der Waals surface area contributed by atoms with Gasteiger partial charge in [0.2, 0.25) is 0 Å². The number of aromatic carboxylic acids is 1. The summed E-state index contributed by atoms with van der Waals surface area (Å²) in [6.07, 6.45) is 10.8. The summed E-state index contributed by atoms with van der Waals surface area (Å²) in [7, 11) is 0. The standard InChI is InChI=1S/C17H23NO2/c19-16(20)13-4-3-5-15(12-13)18-14-6-10-17(11-7-14)8-1-2-9-17/h3-5,12,14,18H,1-2,6-11H2,(H,19,20). The van der Waals surface area contributed by atoms with Gasteiger partial charge in [0.15, 0.2) is 0 Å². The lowest BCUT2D eigenvalue weighted by molar-refractivity contribution is 0.0697. The average molecular weight is 273 g/mol. The van der Waals surface area contributed by atoms with Crippen molar-refractivity contribution in [2.75, 3.05) is 5.32 Å². The summed E-state index contributed by atoms with van der Waals surface area (Å²) in [6, 6.07) is 7.66. The van der Waals surface area contributed by atoms with Gasteiger partial charge in [0.25, 0.3) is 0 Å². The maximum atomic E-state index is 11.0. The molecular formula is C17H23NO2. The first-order chi connectivity index (χ1) is 9.67. The number of hydrogen-bond donors (Lipinski definition) is 2. The van der Waals surface area contributed by atoms with Crippen LogP contribution in [0.15, 0.2) is 24.3 Å². The third-order valence-electron chi connectivity index (χ3n) is 5.19. The van der Waals surface area contributed by atoms with Gasteiger partial charge < -0.3 is 10.4 Å². The summed E-state index contributed by atoms with van der Waals surface area (Å²) >= 11 is 0. The molecule has 2 aliphatic rings. The van der Waals surface area contributed by atoms with E-state index in [0.29, 0.717) is 17.0 Å². The maximum absolute atomic E-state index is 11.0. The molecule has 0 atom stereocenters. The van der Waals surface area contributed by atoms with Gasteiger partial charge in [-0.25, -0.2) is 4.79 Å². The molecule has 1 aromatic rings. The smallest absolute Gasteiger partial charge is 0.335 e. The van der Waals surface area contributed by atoms with E-state index in [-0.39, 0.29) is 0 Å². The Labute approximate surface area is 120 Å². The highest BCUT2D eigenvalue weighted by molar-refractivity contribution is 5.88. The van der Waals surface area contributed by atoms with E-state index in [9.17, 15) is 4.79 Å². The molecule has 1 spiro atoms. The van der Waals surface area contributed by atoms with Gasteiger partial charge in [-0.2, -0.15) is 0 Å². The van der Waals surface area contributed by atoms with Gasteiger partial charge in [-0.1, -0.05) is 18.9 Å². The predicted molar refractivity (Wildman–Crippen MR) is 80.2 cm³/mol. The van der Waals surface area contributed by atoms with Crippen LogP contribution >= 0.6 is 0 Å². The Hall–Kier alpha value is -1.51. The quantitative estimate of drug-likeness (QED) is 0.863. The van der Waals surface area contributed by atoms with E-state index in [1.54, 1.807) is 12.1 Å². The molecule has 0 saturated heterocycles. The van der Waals surface area contributed by atoms with Gasteiger partial charge in [0, 0.05) is 11.7 Å². The highest BCUT2D eigenvalue weighted by Gasteiger charge is 2.37. The second kappa shape index (κ2) is 5.47. The SMILES string of the molecule is O=C(O)c1cccc(NC2CCC3(CCCC3)CC2)c1. The summed E-state index contributed by atoms with van der Waals surface area (Å²) in [5.41, 5.74) is 1.96. The van der Waals surface area contributed by atoms with Crippen LogP contribution < -0.4 is 5.32 Å². The molecule has 3 rings (SSSR count). The van der Waals surface area contributed by atoms with Crippen molar-refractivity contribution in [3.8, 4) is 0 Å². The van der Waals surface area contributed by atoms with Crippen LogP contribution in [0, 0.1) is 5.41 Å². The molecule has 2 N–H and O–H groups in total. The Kier molecular flexibility index (Phi) is 3.68. The molecule has 0 unspecified atom stereocenters. The summed E-state index contributed by atoms with van der Waals surface area (Å²) in [4.78, 5) is 11.0. The Balaban J connectivity index is 1.59. The minimum Gasteiger partial charge on any atom is -0.478 e. The highest BCUT2D eigenvalue weighted by atomic mass is 16.4. The molecule has 0 heterocycles. The summed E-state index contributed by atoms with van der Waals surface area (Å²) in [6.45, 7) is 0. The molecule has 108 valence electrons. The molecule has 2 aliphatic carbocycles. The van der Waals surface area contributed by atoms with E-state index in [1.807, 2.05) is 12.1 Å². The van der Waals surface area contributed by atoms with Gasteiger partial charge in [0.1, 0.15) is 0 Å². The van der Waals surface area contributed by atoms with Crippen molar-refractivity contribution in [3.63, 3.8) is 0 Å². The second-order valence-electron chi connectivity index (χ2n) is 6.51. The van der Waals surface area contributed by atoms with E-state index < -0.39 is 5.97 Å². The molecule has 3 nitrogen and oxygen atoms in total. The molecule has 0 radical (unpaired) electrons.